The second-order valence-electron chi connectivity index (χ2n) is 3.70. The summed E-state index contributed by atoms with van der Waals surface area (Å²) in [7, 11) is 0. The monoisotopic (exact) mass is 220 g/mol. The van der Waals surface area contributed by atoms with Crippen molar-refractivity contribution in [3.63, 3.8) is 0 Å². The summed E-state index contributed by atoms with van der Waals surface area (Å²) < 4.78 is 0. The molecule has 16 heavy (non-hydrogen) atoms. The first-order valence-corrected chi connectivity index (χ1v) is 5.16. The van der Waals surface area contributed by atoms with Crippen molar-refractivity contribution in [2.24, 2.45) is 0 Å². The second-order valence-corrected chi connectivity index (χ2v) is 3.70. The van der Waals surface area contributed by atoms with E-state index in [-0.39, 0.29) is 19.3 Å². The van der Waals surface area contributed by atoms with Crippen molar-refractivity contribution in [1.82, 2.24) is 5.32 Å². The fourth-order valence-corrected chi connectivity index (χ4v) is 1.40. The Hall–Kier alpha value is -1.41. The molecule has 0 spiro atoms. The van der Waals surface area contributed by atoms with E-state index in [9.17, 15) is 0 Å². The van der Waals surface area contributed by atoms with Crippen molar-refractivity contribution >= 4 is 0 Å². The molecule has 4 heteroatoms. The lowest BCUT2D eigenvalue weighted by molar-refractivity contribution is 0.170. The number of benzene rings is 1. The molecule has 0 aliphatic heterocycles. The van der Waals surface area contributed by atoms with Crippen molar-refractivity contribution < 1.29 is 10.2 Å². The molecule has 1 aromatic carbocycles. The van der Waals surface area contributed by atoms with E-state index in [1.54, 1.807) is 6.07 Å². The van der Waals surface area contributed by atoms with Crippen LogP contribution in [0.2, 0.25) is 0 Å². The zero-order valence-corrected chi connectivity index (χ0v) is 9.27. The minimum Gasteiger partial charge on any atom is -0.395 e. The van der Waals surface area contributed by atoms with E-state index in [4.69, 9.17) is 15.5 Å². The molecule has 0 saturated carbocycles. The molecule has 0 heterocycles. The SMILES string of the molecule is Cc1cc(C#N)ccc1CNC(CO)CO. The summed E-state index contributed by atoms with van der Waals surface area (Å²) in [5, 5.41) is 29.5. The van der Waals surface area contributed by atoms with Gasteiger partial charge in [0.05, 0.1) is 30.9 Å². The van der Waals surface area contributed by atoms with Crippen LogP contribution in [0.25, 0.3) is 0 Å². The van der Waals surface area contributed by atoms with E-state index in [2.05, 4.69) is 11.4 Å². The minimum absolute atomic E-state index is 0.0914. The lowest BCUT2D eigenvalue weighted by Crippen LogP contribution is -2.35. The van der Waals surface area contributed by atoms with Crippen molar-refractivity contribution in [2.45, 2.75) is 19.5 Å². The van der Waals surface area contributed by atoms with E-state index in [0.29, 0.717) is 12.1 Å². The molecule has 0 amide bonds. The van der Waals surface area contributed by atoms with Crippen LogP contribution >= 0.6 is 0 Å². The third-order valence-corrected chi connectivity index (χ3v) is 2.49. The molecule has 0 radical (unpaired) electrons. The molecule has 0 unspecified atom stereocenters. The van der Waals surface area contributed by atoms with E-state index in [1.165, 1.54) is 0 Å². The molecule has 0 bridgehead atoms. The number of nitrogens with zero attached hydrogens (tertiary/aromatic N) is 1. The topological polar surface area (TPSA) is 76.3 Å². The van der Waals surface area contributed by atoms with Crippen LogP contribution in [0.15, 0.2) is 18.2 Å². The Bertz CT molecular complexity index is 381. The van der Waals surface area contributed by atoms with Crippen LogP contribution in [0.4, 0.5) is 0 Å². The lowest BCUT2D eigenvalue weighted by Gasteiger charge is -2.14. The Morgan fingerprint density at radius 1 is 1.38 bits per heavy atom. The maximum atomic E-state index is 8.89. The highest BCUT2D eigenvalue weighted by Crippen LogP contribution is 2.10. The first kappa shape index (κ1) is 12.7. The number of aliphatic hydroxyl groups excluding tert-OH is 2. The summed E-state index contributed by atoms with van der Waals surface area (Å²) in [6.07, 6.45) is 0. The molecule has 1 rings (SSSR count). The van der Waals surface area contributed by atoms with Crippen LogP contribution in [0.5, 0.6) is 0 Å². The Morgan fingerprint density at radius 2 is 2.06 bits per heavy atom. The molecule has 3 N–H and O–H groups in total. The number of nitrogens with one attached hydrogen (secondary N) is 1. The van der Waals surface area contributed by atoms with Gasteiger partial charge in [0, 0.05) is 6.54 Å². The zero-order chi connectivity index (χ0) is 12.0. The Morgan fingerprint density at radius 3 is 2.56 bits per heavy atom. The first-order valence-electron chi connectivity index (χ1n) is 5.16. The third kappa shape index (κ3) is 3.31. The molecular weight excluding hydrogens is 204 g/mol. The zero-order valence-electron chi connectivity index (χ0n) is 9.27. The van der Waals surface area contributed by atoms with Crippen molar-refractivity contribution in [1.29, 1.82) is 5.26 Å². The van der Waals surface area contributed by atoms with Gasteiger partial charge >= 0.3 is 0 Å². The summed E-state index contributed by atoms with van der Waals surface area (Å²) in [5.41, 5.74) is 2.73. The predicted molar refractivity (Wildman–Crippen MR) is 60.7 cm³/mol. The number of aryl methyl sites for hydroxylation is 1. The van der Waals surface area contributed by atoms with Gasteiger partial charge in [0.25, 0.3) is 0 Å². The summed E-state index contributed by atoms with van der Waals surface area (Å²) in [4.78, 5) is 0. The van der Waals surface area contributed by atoms with Crippen molar-refractivity contribution in [2.75, 3.05) is 13.2 Å². The quantitative estimate of drug-likeness (QED) is 0.667. The fourth-order valence-electron chi connectivity index (χ4n) is 1.40. The normalized spacial score (nSPS) is 10.4. The standard InChI is InChI=1S/C12H16N2O2/c1-9-4-10(5-13)2-3-11(9)6-14-12(7-15)8-16/h2-4,12,14-16H,6-8H2,1H3. The van der Waals surface area contributed by atoms with Gasteiger partial charge in [-0.1, -0.05) is 6.07 Å². The smallest absolute Gasteiger partial charge is 0.0991 e. The molecule has 0 aliphatic rings. The van der Waals surface area contributed by atoms with Gasteiger partial charge in [-0.3, -0.25) is 0 Å². The second kappa shape index (κ2) is 6.23. The van der Waals surface area contributed by atoms with Gasteiger partial charge in [0.15, 0.2) is 0 Å². The number of hydrogen-bond acceptors (Lipinski definition) is 4. The molecule has 0 saturated heterocycles. The Balaban J connectivity index is 2.65. The van der Waals surface area contributed by atoms with Crippen LogP contribution in [0.3, 0.4) is 0 Å². The van der Waals surface area contributed by atoms with Gasteiger partial charge < -0.3 is 15.5 Å². The van der Waals surface area contributed by atoms with Gasteiger partial charge in [-0.2, -0.15) is 5.26 Å². The van der Waals surface area contributed by atoms with E-state index in [0.717, 1.165) is 11.1 Å². The van der Waals surface area contributed by atoms with Gasteiger partial charge in [0.1, 0.15) is 0 Å². The maximum Gasteiger partial charge on any atom is 0.0991 e. The van der Waals surface area contributed by atoms with Crippen LogP contribution in [0, 0.1) is 18.3 Å². The Labute approximate surface area is 95.2 Å². The molecule has 0 atom stereocenters. The molecule has 1 aromatic rings. The third-order valence-electron chi connectivity index (χ3n) is 2.49. The van der Waals surface area contributed by atoms with Crippen LogP contribution in [-0.2, 0) is 6.54 Å². The molecule has 0 aliphatic carbocycles. The van der Waals surface area contributed by atoms with Gasteiger partial charge in [0.2, 0.25) is 0 Å². The predicted octanol–water partition coefficient (Wildman–Crippen LogP) is 0.309. The molecule has 0 aromatic heterocycles. The number of hydrogen-bond donors (Lipinski definition) is 3. The van der Waals surface area contributed by atoms with Crippen LogP contribution < -0.4 is 5.32 Å². The van der Waals surface area contributed by atoms with Crippen LogP contribution in [-0.4, -0.2) is 29.5 Å². The van der Waals surface area contributed by atoms with Gasteiger partial charge in [-0.25, -0.2) is 0 Å². The molecular formula is C12H16N2O2. The number of rotatable bonds is 5. The highest BCUT2D eigenvalue weighted by molar-refractivity contribution is 5.37. The molecule has 0 fully saturated rings. The van der Waals surface area contributed by atoms with Crippen molar-refractivity contribution in [3.8, 4) is 6.07 Å². The summed E-state index contributed by atoms with van der Waals surface area (Å²) >= 11 is 0. The van der Waals surface area contributed by atoms with Crippen LogP contribution in [0.1, 0.15) is 16.7 Å². The maximum absolute atomic E-state index is 8.89. The van der Waals surface area contributed by atoms with Crippen molar-refractivity contribution in [3.05, 3.63) is 34.9 Å². The largest absolute Gasteiger partial charge is 0.395 e. The highest BCUT2D eigenvalue weighted by Gasteiger charge is 2.06. The highest BCUT2D eigenvalue weighted by atomic mass is 16.3. The lowest BCUT2D eigenvalue weighted by atomic mass is 10.1. The van der Waals surface area contributed by atoms with E-state index < -0.39 is 0 Å². The summed E-state index contributed by atoms with van der Waals surface area (Å²) in [6, 6.07) is 7.25. The first-order chi connectivity index (χ1) is 7.71. The average molecular weight is 220 g/mol. The average Bonchev–Trinajstić information content (AvgIpc) is 2.32. The number of nitriles is 1. The van der Waals surface area contributed by atoms with E-state index in [1.807, 2.05) is 19.1 Å². The number of aliphatic hydroxyl groups is 2. The fraction of sp³-hybridized carbons (Fsp3) is 0.417. The molecule has 4 nitrogen and oxygen atoms in total. The minimum atomic E-state index is -0.296. The van der Waals surface area contributed by atoms with Gasteiger partial charge in [-0.05, 0) is 30.2 Å². The molecule has 86 valence electrons. The summed E-state index contributed by atoms with van der Waals surface area (Å²) in [6.45, 7) is 2.33. The van der Waals surface area contributed by atoms with Gasteiger partial charge in [-0.15, -0.1) is 0 Å². The summed E-state index contributed by atoms with van der Waals surface area (Å²) in [5.74, 6) is 0. The Kier molecular flexibility index (Phi) is 4.93. The van der Waals surface area contributed by atoms with E-state index >= 15 is 0 Å².